The number of hydrazone groups is 1. The SMILES string of the molecule is CCCC#CN1N=C(c2ccc(Oc3ccccc3)cc2)CCC1=O. The first-order chi connectivity index (χ1) is 12.3. The number of hydrogen-bond donors (Lipinski definition) is 0. The Morgan fingerprint density at radius 1 is 1.04 bits per heavy atom. The fourth-order valence-corrected chi connectivity index (χ4v) is 2.44. The van der Waals surface area contributed by atoms with E-state index in [1.54, 1.807) is 0 Å². The quantitative estimate of drug-likeness (QED) is 0.770. The normalized spacial score (nSPS) is 13.7. The molecule has 1 aliphatic rings. The summed E-state index contributed by atoms with van der Waals surface area (Å²) in [5.41, 5.74) is 1.85. The fourth-order valence-electron chi connectivity index (χ4n) is 2.44. The van der Waals surface area contributed by atoms with Gasteiger partial charge in [-0.3, -0.25) is 4.79 Å². The molecule has 0 saturated carbocycles. The standard InChI is InChI=1S/C21H20N2O2/c1-2-3-7-16-23-21(24)15-14-20(22-23)17-10-12-19(13-11-17)25-18-8-5-4-6-9-18/h4-6,8-13H,2-3,14-15H2,1H3. The molecular formula is C21H20N2O2. The van der Waals surface area contributed by atoms with E-state index in [2.05, 4.69) is 24.0 Å². The highest BCUT2D eigenvalue weighted by Gasteiger charge is 2.20. The van der Waals surface area contributed by atoms with Crippen molar-refractivity contribution in [3.63, 3.8) is 0 Å². The Balaban J connectivity index is 1.74. The van der Waals surface area contributed by atoms with Crippen LogP contribution in [0.5, 0.6) is 11.5 Å². The largest absolute Gasteiger partial charge is 0.457 e. The van der Waals surface area contributed by atoms with E-state index in [-0.39, 0.29) is 5.91 Å². The number of nitrogens with zero attached hydrogens (tertiary/aromatic N) is 2. The maximum Gasteiger partial charge on any atom is 0.255 e. The van der Waals surface area contributed by atoms with E-state index in [0.717, 1.165) is 35.6 Å². The molecule has 1 heterocycles. The second kappa shape index (κ2) is 8.16. The van der Waals surface area contributed by atoms with Gasteiger partial charge in [0.15, 0.2) is 0 Å². The van der Waals surface area contributed by atoms with Crippen LogP contribution in [0.2, 0.25) is 0 Å². The maximum atomic E-state index is 11.9. The Labute approximate surface area is 148 Å². The average molecular weight is 332 g/mol. The summed E-state index contributed by atoms with van der Waals surface area (Å²) in [6.45, 7) is 2.06. The summed E-state index contributed by atoms with van der Waals surface area (Å²) in [5, 5.41) is 5.69. The summed E-state index contributed by atoms with van der Waals surface area (Å²) in [5.74, 6) is 4.49. The fraction of sp³-hybridized carbons (Fsp3) is 0.238. The second-order valence-corrected chi connectivity index (χ2v) is 5.73. The van der Waals surface area contributed by atoms with E-state index in [9.17, 15) is 4.79 Å². The van der Waals surface area contributed by atoms with Crippen molar-refractivity contribution in [2.45, 2.75) is 32.6 Å². The topological polar surface area (TPSA) is 41.9 Å². The first-order valence-corrected chi connectivity index (χ1v) is 8.48. The summed E-state index contributed by atoms with van der Waals surface area (Å²) in [4.78, 5) is 11.9. The predicted octanol–water partition coefficient (Wildman–Crippen LogP) is 4.57. The molecule has 4 heteroatoms. The highest BCUT2D eigenvalue weighted by atomic mass is 16.5. The number of ether oxygens (including phenoxy) is 1. The van der Waals surface area contributed by atoms with Crippen LogP contribution in [0.15, 0.2) is 59.7 Å². The van der Waals surface area contributed by atoms with E-state index in [1.807, 2.05) is 54.6 Å². The van der Waals surface area contributed by atoms with Crippen LogP contribution in [0.25, 0.3) is 0 Å². The van der Waals surface area contributed by atoms with E-state index in [4.69, 9.17) is 4.74 Å². The van der Waals surface area contributed by atoms with Crippen molar-refractivity contribution >= 4 is 11.6 Å². The predicted molar refractivity (Wildman–Crippen MR) is 98.3 cm³/mol. The minimum Gasteiger partial charge on any atom is -0.457 e. The molecule has 0 unspecified atom stereocenters. The molecule has 0 fully saturated rings. The van der Waals surface area contributed by atoms with Crippen molar-refractivity contribution in [2.24, 2.45) is 5.10 Å². The minimum atomic E-state index is -0.0450. The lowest BCUT2D eigenvalue weighted by Gasteiger charge is -2.18. The van der Waals surface area contributed by atoms with Crippen LogP contribution in [0.3, 0.4) is 0 Å². The lowest BCUT2D eigenvalue weighted by molar-refractivity contribution is -0.128. The number of para-hydroxylation sites is 1. The molecule has 126 valence electrons. The van der Waals surface area contributed by atoms with Gasteiger partial charge in [-0.05, 0) is 48.4 Å². The third-order valence-electron chi connectivity index (χ3n) is 3.76. The van der Waals surface area contributed by atoms with Gasteiger partial charge in [0.25, 0.3) is 5.91 Å². The van der Waals surface area contributed by atoms with Gasteiger partial charge >= 0.3 is 0 Å². The van der Waals surface area contributed by atoms with Crippen LogP contribution in [-0.4, -0.2) is 16.6 Å². The molecule has 0 bridgehead atoms. The van der Waals surface area contributed by atoms with Crippen LogP contribution >= 0.6 is 0 Å². The Hall–Kier alpha value is -3.06. The third-order valence-corrected chi connectivity index (χ3v) is 3.76. The van der Waals surface area contributed by atoms with Crippen molar-refractivity contribution in [1.29, 1.82) is 0 Å². The zero-order valence-electron chi connectivity index (χ0n) is 14.2. The number of benzene rings is 2. The Kier molecular flexibility index (Phi) is 5.48. The molecular weight excluding hydrogens is 312 g/mol. The number of rotatable bonds is 4. The molecule has 25 heavy (non-hydrogen) atoms. The number of hydrogen-bond acceptors (Lipinski definition) is 3. The maximum absolute atomic E-state index is 11.9. The molecule has 4 nitrogen and oxygen atoms in total. The van der Waals surface area contributed by atoms with E-state index in [0.29, 0.717) is 12.8 Å². The summed E-state index contributed by atoms with van der Waals surface area (Å²) in [7, 11) is 0. The molecule has 0 atom stereocenters. The van der Waals surface area contributed by atoms with Crippen molar-refractivity contribution in [2.75, 3.05) is 0 Å². The van der Waals surface area contributed by atoms with E-state index >= 15 is 0 Å². The summed E-state index contributed by atoms with van der Waals surface area (Å²) in [6.07, 6.45) is 2.79. The third kappa shape index (κ3) is 4.48. The van der Waals surface area contributed by atoms with Gasteiger partial charge in [-0.25, -0.2) is 0 Å². The number of carbonyl (C=O) groups is 1. The summed E-state index contributed by atoms with van der Waals surface area (Å²) < 4.78 is 5.80. The first kappa shape index (κ1) is 16.8. The second-order valence-electron chi connectivity index (χ2n) is 5.73. The molecule has 0 N–H and O–H groups in total. The van der Waals surface area contributed by atoms with Crippen LogP contribution < -0.4 is 4.74 Å². The molecule has 0 spiro atoms. The van der Waals surface area contributed by atoms with Gasteiger partial charge in [-0.1, -0.05) is 31.0 Å². The molecule has 0 saturated heterocycles. The van der Waals surface area contributed by atoms with Crippen LogP contribution in [0, 0.1) is 12.0 Å². The molecule has 0 aliphatic carbocycles. The van der Waals surface area contributed by atoms with Crippen LogP contribution in [0.4, 0.5) is 0 Å². The molecule has 3 rings (SSSR count). The minimum absolute atomic E-state index is 0.0450. The highest BCUT2D eigenvalue weighted by molar-refractivity contribution is 6.04. The number of unbranched alkanes of at least 4 members (excludes halogenated alkanes) is 1. The summed E-state index contributed by atoms with van der Waals surface area (Å²) >= 11 is 0. The molecule has 1 amide bonds. The van der Waals surface area contributed by atoms with Crippen LogP contribution in [0.1, 0.15) is 38.2 Å². The monoisotopic (exact) mass is 332 g/mol. The van der Waals surface area contributed by atoms with Gasteiger partial charge in [0, 0.05) is 25.3 Å². The lowest BCUT2D eigenvalue weighted by atomic mass is 10.0. The molecule has 0 radical (unpaired) electrons. The van der Waals surface area contributed by atoms with Crippen molar-refractivity contribution in [3.8, 4) is 23.5 Å². The Morgan fingerprint density at radius 3 is 2.48 bits per heavy atom. The molecule has 0 aromatic heterocycles. The van der Waals surface area contributed by atoms with Gasteiger partial charge in [0.1, 0.15) is 11.5 Å². The first-order valence-electron chi connectivity index (χ1n) is 8.48. The molecule has 2 aromatic carbocycles. The zero-order valence-corrected chi connectivity index (χ0v) is 14.2. The number of carbonyl (C=O) groups excluding carboxylic acids is 1. The van der Waals surface area contributed by atoms with Gasteiger partial charge < -0.3 is 4.74 Å². The van der Waals surface area contributed by atoms with Gasteiger partial charge in [-0.2, -0.15) is 10.1 Å². The van der Waals surface area contributed by atoms with E-state index < -0.39 is 0 Å². The smallest absolute Gasteiger partial charge is 0.255 e. The number of amides is 1. The highest BCUT2D eigenvalue weighted by Crippen LogP contribution is 2.23. The van der Waals surface area contributed by atoms with E-state index in [1.165, 1.54) is 5.01 Å². The van der Waals surface area contributed by atoms with Gasteiger partial charge in [0.05, 0.1) is 5.71 Å². The van der Waals surface area contributed by atoms with Crippen molar-refractivity contribution in [1.82, 2.24) is 5.01 Å². The van der Waals surface area contributed by atoms with Crippen molar-refractivity contribution in [3.05, 3.63) is 60.2 Å². The zero-order chi connectivity index (χ0) is 17.5. The van der Waals surface area contributed by atoms with Crippen molar-refractivity contribution < 1.29 is 9.53 Å². The Bertz CT molecular complexity index is 814. The Morgan fingerprint density at radius 2 is 1.76 bits per heavy atom. The average Bonchev–Trinajstić information content (AvgIpc) is 2.65. The molecule has 1 aliphatic heterocycles. The van der Waals surface area contributed by atoms with Crippen LogP contribution in [-0.2, 0) is 4.79 Å². The summed E-state index contributed by atoms with van der Waals surface area (Å²) in [6, 6.07) is 20.2. The van der Waals surface area contributed by atoms with Gasteiger partial charge in [0.2, 0.25) is 0 Å². The lowest BCUT2D eigenvalue weighted by Crippen LogP contribution is -2.28. The van der Waals surface area contributed by atoms with Gasteiger partial charge in [-0.15, -0.1) is 0 Å². The molecule has 2 aromatic rings.